The predicted octanol–water partition coefficient (Wildman–Crippen LogP) is 4.95. The van der Waals surface area contributed by atoms with Gasteiger partial charge in [0.2, 0.25) is 0 Å². The lowest BCUT2D eigenvalue weighted by Gasteiger charge is -2.39. The van der Waals surface area contributed by atoms with Gasteiger partial charge in [0.25, 0.3) is 0 Å². The van der Waals surface area contributed by atoms with Crippen molar-refractivity contribution in [2.45, 2.75) is 102 Å². The van der Waals surface area contributed by atoms with Gasteiger partial charge in [-0.1, -0.05) is 40.5 Å². The van der Waals surface area contributed by atoms with Crippen molar-refractivity contribution in [3.63, 3.8) is 0 Å². The lowest BCUT2D eigenvalue weighted by atomic mass is 9.63. The third kappa shape index (κ3) is 2.28. The Morgan fingerprint density at radius 2 is 1.18 bits per heavy atom. The predicted molar refractivity (Wildman–Crippen MR) is 88.8 cm³/mol. The molecule has 0 N–H and O–H groups in total. The second kappa shape index (κ2) is 5.21. The molecule has 4 fully saturated rings. The summed E-state index contributed by atoms with van der Waals surface area (Å²) in [7, 11) is 0. The molecule has 2 saturated carbocycles. The number of ether oxygens (including phenoxy) is 2. The fraction of sp³-hybridized carbons (Fsp3) is 1.00. The second-order valence-corrected chi connectivity index (χ2v) is 9.06. The molecule has 0 amide bonds. The van der Waals surface area contributed by atoms with Gasteiger partial charge in [0.1, 0.15) is 0 Å². The Kier molecular flexibility index (Phi) is 3.66. The van der Waals surface area contributed by atoms with Crippen LogP contribution in [-0.4, -0.2) is 23.4 Å². The molecule has 0 aromatic rings. The highest BCUT2D eigenvalue weighted by atomic mass is 16.6. The zero-order valence-electron chi connectivity index (χ0n) is 14.9. The van der Waals surface area contributed by atoms with Crippen LogP contribution >= 0.6 is 0 Å². The first kappa shape index (κ1) is 15.4. The standard InChI is InChI=1S/C20H34O2/c1-5-7-19-11-15(9-13(3)17(19)21-19)16-10-14(4)18-20(12-16,22-18)8-6-2/h13-18H,5-12H2,1-4H3/t13?,14?,15?,16?,17-,18?,19?,20?/m0/s1. The SMILES string of the molecule is CCCC12CC(C3CC(C)[C@@H]4OC4(CCC)C3)CC(C)C1O2. The number of fused-ring (bicyclic) bond motifs is 2. The van der Waals surface area contributed by atoms with Crippen molar-refractivity contribution >= 4 is 0 Å². The Labute approximate surface area is 136 Å². The zero-order chi connectivity index (χ0) is 15.5. The van der Waals surface area contributed by atoms with Crippen LogP contribution in [0, 0.1) is 23.7 Å². The molecule has 126 valence electrons. The summed E-state index contributed by atoms with van der Waals surface area (Å²) in [5, 5.41) is 0. The van der Waals surface area contributed by atoms with Crippen molar-refractivity contribution in [2.24, 2.45) is 23.7 Å². The summed E-state index contributed by atoms with van der Waals surface area (Å²) < 4.78 is 12.5. The summed E-state index contributed by atoms with van der Waals surface area (Å²) in [5.74, 6) is 3.28. The van der Waals surface area contributed by atoms with Crippen molar-refractivity contribution < 1.29 is 9.47 Å². The fourth-order valence-corrected chi connectivity index (χ4v) is 6.46. The fourth-order valence-electron chi connectivity index (χ4n) is 6.46. The minimum atomic E-state index is 0.277. The van der Waals surface area contributed by atoms with Gasteiger partial charge in [-0.15, -0.1) is 0 Å². The Morgan fingerprint density at radius 3 is 1.55 bits per heavy atom. The molecule has 0 aromatic carbocycles. The maximum Gasteiger partial charge on any atom is 0.0953 e. The molecule has 0 radical (unpaired) electrons. The first-order valence-electron chi connectivity index (χ1n) is 9.89. The third-order valence-corrected chi connectivity index (χ3v) is 7.26. The lowest BCUT2D eigenvalue weighted by molar-refractivity contribution is 0.120. The Hall–Kier alpha value is -0.0800. The molecule has 2 heteroatoms. The van der Waals surface area contributed by atoms with Gasteiger partial charge in [-0.3, -0.25) is 0 Å². The van der Waals surface area contributed by atoms with Crippen LogP contribution in [0.2, 0.25) is 0 Å². The monoisotopic (exact) mass is 306 g/mol. The molecule has 8 atom stereocenters. The summed E-state index contributed by atoms with van der Waals surface area (Å²) in [4.78, 5) is 0. The molecule has 2 saturated heterocycles. The van der Waals surface area contributed by atoms with Crippen LogP contribution in [0.4, 0.5) is 0 Å². The number of hydrogen-bond acceptors (Lipinski definition) is 2. The molecule has 0 aromatic heterocycles. The first-order valence-corrected chi connectivity index (χ1v) is 9.89. The third-order valence-electron chi connectivity index (χ3n) is 7.26. The van der Waals surface area contributed by atoms with Gasteiger partial charge < -0.3 is 9.47 Å². The van der Waals surface area contributed by atoms with Gasteiger partial charge in [-0.2, -0.15) is 0 Å². The van der Waals surface area contributed by atoms with Crippen LogP contribution in [0.25, 0.3) is 0 Å². The minimum Gasteiger partial charge on any atom is -0.366 e. The van der Waals surface area contributed by atoms with Crippen molar-refractivity contribution in [3.8, 4) is 0 Å². The molecule has 0 bridgehead atoms. The quantitative estimate of drug-likeness (QED) is 0.671. The molecule has 0 spiro atoms. The zero-order valence-corrected chi connectivity index (χ0v) is 14.9. The second-order valence-electron chi connectivity index (χ2n) is 9.06. The van der Waals surface area contributed by atoms with Crippen LogP contribution < -0.4 is 0 Å². The van der Waals surface area contributed by atoms with Gasteiger partial charge in [-0.05, 0) is 62.2 Å². The lowest BCUT2D eigenvalue weighted by Crippen LogP contribution is -2.39. The van der Waals surface area contributed by atoms with Crippen LogP contribution in [0.1, 0.15) is 79.1 Å². The highest BCUT2D eigenvalue weighted by Gasteiger charge is 2.65. The maximum atomic E-state index is 6.24. The Balaban J connectivity index is 1.47. The van der Waals surface area contributed by atoms with E-state index in [9.17, 15) is 0 Å². The van der Waals surface area contributed by atoms with E-state index in [1.807, 2.05) is 0 Å². The van der Waals surface area contributed by atoms with Crippen molar-refractivity contribution in [1.82, 2.24) is 0 Å². The number of rotatable bonds is 5. The minimum absolute atomic E-state index is 0.277. The van der Waals surface area contributed by atoms with Gasteiger partial charge in [0.05, 0.1) is 23.4 Å². The molecule has 7 unspecified atom stereocenters. The average Bonchev–Trinajstić information content (AvgIpc) is 3.33. The van der Waals surface area contributed by atoms with E-state index >= 15 is 0 Å². The summed E-state index contributed by atoms with van der Waals surface area (Å²) in [6.07, 6.45) is 11.7. The van der Waals surface area contributed by atoms with Gasteiger partial charge in [0, 0.05) is 0 Å². The molecule has 2 nitrogen and oxygen atoms in total. The molecule has 2 heterocycles. The van der Waals surface area contributed by atoms with Crippen molar-refractivity contribution in [1.29, 1.82) is 0 Å². The maximum absolute atomic E-state index is 6.24. The molecule has 4 aliphatic rings. The van der Waals surface area contributed by atoms with E-state index in [2.05, 4.69) is 27.7 Å². The van der Waals surface area contributed by atoms with E-state index < -0.39 is 0 Å². The topological polar surface area (TPSA) is 25.1 Å². The molecule has 2 aliphatic carbocycles. The number of epoxide rings is 2. The van der Waals surface area contributed by atoms with Crippen LogP contribution in [0.3, 0.4) is 0 Å². The van der Waals surface area contributed by atoms with Crippen LogP contribution in [0.5, 0.6) is 0 Å². The molecule has 2 aliphatic heterocycles. The Bertz CT molecular complexity index is 395. The van der Waals surface area contributed by atoms with E-state index in [4.69, 9.17) is 9.47 Å². The molecule has 4 rings (SSSR count). The highest BCUT2D eigenvalue weighted by Crippen LogP contribution is 2.61. The Morgan fingerprint density at radius 1 is 0.773 bits per heavy atom. The van der Waals surface area contributed by atoms with Crippen LogP contribution in [-0.2, 0) is 9.47 Å². The van der Waals surface area contributed by atoms with E-state index in [1.165, 1.54) is 51.4 Å². The summed E-state index contributed by atoms with van der Waals surface area (Å²) in [6, 6.07) is 0. The van der Waals surface area contributed by atoms with Crippen molar-refractivity contribution in [3.05, 3.63) is 0 Å². The van der Waals surface area contributed by atoms with E-state index in [0.717, 1.165) is 23.7 Å². The van der Waals surface area contributed by atoms with E-state index in [-0.39, 0.29) is 11.2 Å². The number of hydrogen-bond donors (Lipinski definition) is 0. The smallest absolute Gasteiger partial charge is 0.0953 e. The summed E-state index contributed by atoms with van der Waals surface area (Å²) >= 11 is 0. The highest BCUT2D eigenvalue weighted by molar-refractivity contribution is 5.14. The van der Waals surface area contributed by atoms with E-state index in [1.54, 1.807) is 0 Å². The largest absolute Gasteiger partial charge is 0.366 e. The molecule has 22 heavy (non-hydrogen) atoms. The normalized spacial score (nSPS) is 56.2. The first-order chi connectivity index (χ1) is 10.5. The van der Waals surface area contributed by atoms with Gasteiger partial charge in [-0.25, -0.2) is 0 Å². The molecular formula is C20H34O2. The summed E-state index contributed by atoms with van der Waals surface area (Å²) in [6.45, 7) is 9.48. The summed E-state index contributed by atoms with van der Waals surface area (Å²) in [5.41, 5.74) is 0.555. The average molecular weight is 306 g/mol. The van der Waals surface area contributed by atoms with Crippen molar-refractivity contribution in [2.75, 3.05) is 0 Å². The van der Waals surface area contributed by atoms with Gasteiger partial charge in [0.15, 0.2) is 0 Å². The van der Waals surface area contributed by atoms with Crippen LogP contribution in [0.15, 0.2) is 0 Å². The van der Waals surface area contributed by atoms with Gasteiger partial charge >= 0.3 is 0 Å². The van der Waals surface area contributed by atoms with E-state index in [0.29, 0.717) is 12.2 Å². The molecular weight excluding hydrogens is 272 g/mol.